The molecule has 0 amide bonds. The molecule has 116 valence electrons. The molecule has 1 atom stereocenters. The maximum Gasteiger partial charge on any atom is 0.127 e. The van der Waals surface area contributed by atoms with Gasteiger partial charge in [-0.3, -0.25) is 15.3 Å². The number of halogens is 2. The van der Waals surface area contributed by atoms with E-state index in [1.165, 1.54) is 18.1 Å². The van der Waals surface area contributed by atoms with Gasteiger partial charge in [0.1, 0.15) is 11.7 Å². The lowest BCUT2D eigenvalue weighted by Gasteiger charge is -2.11. The van der Waals surface area contributed by atoms with Crippen LogP contribution >= 0.6 is 28.0 Å². The van der Waals surface area contributed by atoms with Crippen molar-refractivity contribution in [3.05, 3.63) is 34.1 Å². The van der Waals surface area contributed by atoms with Crippen molar-refractivity contribution < 1.29 is 13.4 Å². The first-order valence-corrected chi connectivity index (χ1v) is 8.51. The third-order valence-electron chi connectivity index (χ3n) is 3.00. The number of benzene rings is 1. The van der Waals surface area contributed by atoms with Gasteiger partial charge in [0.05, 0.1) is 13.2 Å². The smallest absolute Gasteiger partial charge is 0.127 e. The van der Waals surface area contributed by atoms with E-state index in [9.17, 15) is 4.39 Å². The van der Waals surface area contributed by atoms with E-state index < -0.39 is 0 Å². The predicted molar refractivity (Wildman–Crippen MR) is 86.9 cm³/mol. The molecular formula is C14H18BrFN2O2S. The summed E-state index contributed by atoms with van der Waals surface area (Å²) in [7, 11) is 0. The van der Waals surface area contributed by atoms with Crippen LogP contribution in [0.4, 0.5) is 4.39 Å². The molecule has 0 saturated heterocycles. The van der Waals surface area contributed by atoms with Gasteiger partial charge in [0, 0.05) is 29.1 Å². The van der Waals surface area contributed by atoms with E-state index in [1.54, 1.807) is 6.07 Å². The number of aliphatic imine (C=N–C) groups is 1. The summed E-state index contributed by atoms with van der Waals surface area (Å²) in [5.41, 5.74) is 3.51. The molecule has 0 bridgehead atoms. The van der Waals surface area contributed by atoms with Gasteiger partial charge in [-0.25, -0.2) is 4.39 Å². The summed E-state index contributed by atoms with van der Waals surface area (Å²) in [5, 5.41) is 0. The first kappa shape index (κ1) is 16.7. The fourth-order valence-corrected chi connectivity index (χ4v) is 2.74. The van der Waals surface area contributed by atoms with E-state index in [0.717, 1.165) is 16.1 Å². The second kappa shape index (κ2) is 8.73. The lowest BCUT2D eigenvalue weighted by atomic mass is 9.97. The second-order valence-electron chi connectivity index (χ2n) is 4.53. The van der Waals surface area contributed by atoms with Gasteiger partial charge in [-0.05, 0) is 29.7 Å². The lowest BCUT2D eigenvalue weighted by molar-refractivity contribution is 0.0634. The number of hydrogen-bond acceptors (Lipinski definition) is 5. The molecule has 4 nitrogen and oxygen atoms in total. The number of amidine groups is 1. The first-order valence-electron chi connectivity index (χ1n) is 6.81. The van der Waals surface area contributed by atoms with Gasteiger partial charge in [-0.2, -0.15) is 0 Å². The SMILES string of the molecule is CCSOCCONC1=NC[C@@H](c2ccc(Br)cc2F)C1. The van der Waals surface area contributed by atoms with Gasteiger partial charge in [-0.15, -0.1) is 0 Å². The Balaban J connectivity index is 1.72. The van der Waals surface area contributed by atoms with Crippen LogP contribution < -0.4 is 5.48 Å². The predicted octanol–water partition coefficient (Wildman–Crippen LogP) is 3.68. The molecule has 1 aliphatic rings. The molecule has 0 radical (unpaired) electrons. The summed E-state index contributed by atoms with van der Waals surface area (Å²) in [4.78, 5) is 9.62. The summed E-state index contributed by atoms with van der Waals surface area (Å²) in [6.45, 7) is 3.57. The summed E-state index contributed by atoms with van der Waals surface area (Å²) in [6.07, 6.45) is 0.656. The minimum atomic E-state index is -0.197. The largest absolute Gasteiger partial charge is 0.313 e. The second-order valence-corrected chi connectivity index (χ2v) is 6.50. The molecule has 21 heavy (non-hydrogen) atoms. The van der Waals surface area contributed by atoms with E-state index in [0.29, 0.717) is 31.7 Å². The molecule has 1 aromatic rings. The van der Waals surface area contributed by atoms with Crippen molar-refractivity contribution in [1.82, 2.24) is 5.48 Å². The van der Waals surface area contributed by atoms with Crippen molar-refractivity contribution in [2.75, 3.05) is 25.5 Å². The van der Waals surface area contributed by atoms with Crippen LogP contribution in [0.2, 0.25) is 0 Å². The molecule has 7 heteroatoms. The Morgan fingerprint density at radius 2 is 2.33 bits per heavy atom. The topological polar surface area (TPSA) is 42.9 Å². The molecule has 1 aliphatic heterocycles. The van der Waals surface area contributed by atoms with Crippen LogP contribution in [0, 0.1) is 5.82 Å². The van der Waals surface area contributed by atoms with Crippen molar-refractivity contribution in [3.63, 3.8) is 0 Å². The lowest BCUT2D eigenvalue weighted by Crippen LogP contribution is -2.24. The van der Waals surface area contributed by atoms with Gasteiger partial charge in [0.15, 0.2) is 0 Å². The molecule has 0 saturated carbocycles. The highest BCUT2D eigenvalue weighted by atomic mass is 79.9. The Morgan fingerprint density at radius 3 is 3.10 bits per heavy atom. The minimum absolute atomic E-state index is 0.0658. The van der Waals surface area contributed by atoms with Crippen LogP contribution in [0.5, 0.6) is 0 Å². The van der Waals surface area contributed by atoms with Gasteiger partial charge in [0.25, 0.3) is 0 Å². The van der Waals surface area contributed by atoms with Crippen LogP contribution in [0.3, 0.4) is 0 Å². The number of nitrogens with one attached hydrogen (secondary N) is 1. The van der Waals surface area contributed by atoms with E-state index in [2.05, 4.69) is 26.4 Å². The van der Waals surface area contributed by atoms with Crippen LogP contribution in [0.25, 0.3) is 0 Å². The van der Waals surface area contributed by atoms with Crippen molar-refractivity contribution >= 4 is 33.8 Å². The standard InChI is InChI=1S/C14H18BrFN2O2S/c1-2-21-20-6-5-19-18-14-7-10(9-17-14)12-4-3-11(15)8-13(12)16/h3-4,8,10H,2,5-7,9H2,1H3,(H,17,18)/t10-/m0/s1. The normalized spacial score (nSPS) is 17.9. The fourth-order valence-electron chi connectivity index (χ4n) is 2.05. The average Bonchev–Trinajstić information content (AvgIpc) is 2.91. The number of rotatable bonds is 7. The highest BCUT2D eigenvalue weighted by molar-refractivity contribution is 9.10. The van der Waals surface area contributed by atoms with E-state index >= 15 is 0 Å². The molecule has 1 heterocycles. The summed E-state index contributed by atoms with van der Waals surface area (Å²) in [5.74, 6) is 1.54. The Bertz CT molecular complexity index is 502. The van der Waals surface area contributed by atoms with Crippen LogP contribution in [-0.2, 0) is 9.02 Å². The zero-order chi connectivity index (χ0) is 15.1. The quantitative estimate of drug-likeness (QED) is 0.447. The molecule has 0 spiro atoms. The van der Waals surface area contributed by atoms with Crippen molar-refractivity contribution in [2.24, 2.45) is 4.99 Å². The molecule has 0 unspecified atom stereocenters. The van der Waals surface area contributed by atoms with E-state index in [-0.39, 0.29) is 11.7 Å². The first-order chi connectivity index (χ1) is 10.2. The van der Waals surface area contributed by atoms with E-state index in [4.69, 9.17) is 9.02 Å². The Hall–Kier alpha value is -0.630. The summed E-state index contributed by atoms with van der Waals surface area (Å²) < 4.78 is 19.9. The molecule has 2 rings (SSSR count). The van der Waals surface area contributed by atoms with Crippen molar-refractivity contribution in [3.8, 4) is 0 Å². The van der Waals surface area contributed by atoms with Crippen LogP contribution in [0.15, 0.2) is 27.7 Å². The third-order valence-corrected chi connectivity index (χ3v) is 4.07. The van der Waals surface area contributed by atoms with Crippen molar-refractivity contribution in [2.45, 2.75) is 19.3 Å². The van der Waals surface area contributed by atoms with Gasteiger partial charge in [-0.1, -0.05) is 28.9 Å². The highest BCUT2D eigenvalue weighted by Gasteiger charge is 2.23. The number of hydrogen-bond donors (Lipinski definition) is 1. The van der Waals surface area contributed by atoms with Gasteiger partial charge < -0.3 is 4.18 Å². The molecule has 0 fully saturated rings. The Morgan fingerprint density at radius 1 is 1.48 bits per heavy atom. The zero-order valence-corrected chi connectivity index (χ0v) is 14.2. The summed E-state index contributed by atoms with van der Waals surface area (Å²) in [6, 6.07) is 5.14. The maximum absolute atomic E-state index is 13.9. The Labute approximate surface area is 136 Å². The van der Waals surface area contributed by atoms with Crippen LogP contribution in [-0.4, -0.2) is 31.3 Å². The molecule has 1 N–H and O–H groups in total. The van der Waals surface area contributed by atoms with Crippen LogP contribution in [0.1, 0.15) is 24.8 Å². The van der Waals surface area contributed by atoms with Gasteiger partial charge in [0.2, 0.25) is 0 Å². The van der Waals surface area contributed by atoms with E-state index in [1.807, 2.05) is 13.0 Å². The molecule has 0 aliphatic carbocycles. The Kier molecular flexibility index (Phi) is 6.95. The maximum atomic E-state index is 13.9. The fraction of sp³-hybridized carbons (Fsp3) is 0.500. The molecular weight excluding hydrogens is 359 g/mol. The molecule has 0 aromatic heterocycles. The number of hydroxylamine groups is 1. The summed E-state index contributed by atoms with van der Waals surface area (Å²) >= 11 is 4.67. The average molecular weight is 377 g/mol. The highest BCUT2D eigenvalue weighted by Crippen LogP contribution is 2.28. The number of nitrogens with zero attached hydrogens (tertiary/aromatic N) is 1. The molecule has 1 aromatic carbocycles. The zero-order valence-electron chi connectivity index (χ0n) is 11.8. The van der Waals surface area contributed by atoms with Gasteiger partial charge >= 0.3 is 0 Å². The van der Waals surface area contributed by atoms with Crippen molar-refractivity contribution in [1.29, 1.82) is 0 Å². The third kappa shape index (κ3) is 5.25. The minimum Gasteiger partial charge on any atom is -0.313 e. The monoisotopic (exact) mass is 376 g/mol.